The van der Waals surface area contributed by atoms with Crippen LogP contribution >= 0.6 is 0 Å². The summed E-state index contributed by atoms with van der Waals surface area (Å²) in [5.41, 5.74) is 7.90. The maximum atomic E-state index is 14.4. The van der Waals surface area contributed by atoms with Crippen molar-refractivity contribution in [2.75, 3.05) is 5.32 Å². The van der Waals surface area contributed by atoms with Gasteiger partial charge in [-0.05, 0) is 43.2 Å². The number of nitrogens with zero attached hydrogens (tertiary/aromatic N) is 1. The molecule has 2 aromatic carbocycles. The summed E-state index contributed by atoms with van der Waals surface area (Å²) in [4.78, 5) is 18.9. The van der Waals surface area contributed by atoms with Gasteiger partial charge in [-0.25, -0.2) is 9.37 Å². The zero-order valence-electron chi connectivity index (χ0n) is 12.3. The molecule has 4 rings (SSSR count). The van der Waals surface area contributed by atoms with E-state index in [4.69, 9.17) is 5.73 Å². The standard InChI is InChI=1S/C17H15FN4O/c18-13-8-10(20-9-4-5-9)6-7-11(13)17-21-14-3-1-2-12(16(19)23)15(14)22-17/h1-3,6-9,20H,4-5H2,(H2,19,23)(H,21,22). The molecule has 1 aromatic heterocycles. The van der Waals surface area contributed by atoms with Crippen molar-refractivity contribution in [2.45, 2.75) is 18.9 Å². The molecule has 6 heteroatoms. The minimum Gasteiger partial charge on any atom is -0.382 e. The lowest BCUT2D eigenvalue weighted by atomic mass is 10.1. The number of anilines is 1. The molecule has 1 fully saturated rings. The number of hydrogen-bond acceptors (Lipinski definition) is 3. The zero-order valence-corrected chi connectivity index (χ0v) is 12.3. The first kappa shape index (κ1) is 13.8. The average Bonchev–Trinajstić information content (AvgIpc) is 3.22. The van der Waals surface area contributed by atoms with E-state index in [2.05, 4.69) is 15.3 Å². The second-order valence-electron chi connectivity index (χ2n) is 5.76. The van der Waals surface area contributed by atoms with Crippen LogP contribution in [0.1, 0.15) is 23.2 Å². The predicted molar refractivity (Wildman–Crippen MR) is 86.7 cm³/mol. The molecule has 1 saturated carbocycles. The molecule has 0 bridgehead atoms. The van der Waals surface area contributed by atoms with Crippen LogP contribution in [0.3, 0.4) is 0 Å². The molecule has 4 N–H and O–H groups in total. The van der Waals surface area contributed by atoms with Gasteiger partial charge in [-0.3, -0.25) is 4.79 Å². The van der Waals surface area contributed by atoms with Crippen LogP contribution in [0.5, 0.6) is 0 Å². The number of aromatic nitrogens is 2. The number of hydrogen-bond donors (Lipinski definition) is 3. The van der Waals surface area contributed by atoms with Crippen LogP contribution in [-0.4, -0.2) is 21.9 Å². The molecule has 1 aliphatic rings. The molecular formula is C17H15FN4O. The Bertz CT molecular complexity index is 914. The second-order valence-corrected chi connectivity index (χ2v) is 5.76. The van der Waals surface area contributed by atoms with Crippen molar-refractivity contribution in [3.05, 3.63) is 47.8 Å². The van der Waals surface area contributed by atoms with E-state index in [1.165, 1.54) is 6.07 Å². The highest BCUT2D eigenvalue weighted by atomic mass is 19.1. The summed E-state index contributed by atoms with van der Waals surface area (Å²) in [6, 6.07) is 10.5. The van der Waals surface area contributed by atoms with E-state index < -0.39 is 5.91 Å². The first-order valence-electron chi connectivity index (χ1n) is 7.47. The number of carbonyl (C=O) groups is 1. The number of H-pyrrole nitrogens is 1. The first-order chi connectivity index (χ1) is 11.1. The fraction of sp³-hybridized carbons (Fsp3) is 0.176. The molecule has 1 heterocycles. The summed E-state index contributed by atoms with van der Waals surface area (Å²) in [6.07, 6.45) is 2.26. The molecule has 0 aliphatic heterocycles. The van der Waals surface area contributed by atoms with Gasteiger partial charge in [0.25, 0.3) is 5.91 Å². The van der Waals surface area contributed by atoms with Crippen LogP contribution in [0.15, 0.2) is 36.4 Å². The summed E-state index contributed by atoms with van der Waals surface area (Å²) >= 11 is 0. The van der Waals surface area contributed by atoms with Crippen molar-refractivity contribution >= 4 is 22.6 Å². The Kier molecular flexibility index (Phi) is 3.04. The fourth-order valence-corrected chi connectivity index (χ4v) is 2.62. The van der Waals surface area contributed by atoms with Crippen LogP contribution in [-0.2, 0) is 0 Å². The summed E-state index contributed by atoms with van der Waals surface area (Å²) < 4.78 is 14.4. The molecule has 5 nitrogen and oxygen atoms in total. The topological polar surface area (TPSA) is 83.8 Å². The molecule has 0 saturated heterocycles. The van der Waals surface area contributed by atoms with E-state index in [-0.39, 0.29) is 5.82 Å². The smallest absolute Gasteiger partial charge is 0.250 e. The maximum absolute atomic E-state index is 14.4. The number of imidazole rings is 1. The van der Waals surface area contributed by atoms with E-state index in [0.717, 1.165) is 18.5 Å². The highest BCUT2D eigenvalue weighted by Crippen LogP contribution is 2.29. The highest BCUT2D eigenvalue weighted by molar-refractivity contribution is 6.04. The first-order valence-corrected chi connectivity index (χ1v) is 7.47. The van der Waals surface area contributed by atoms with Crippen LogP contribution in [0.2, 0.25) is 0 Å². The summed E-state index contributed by atoms with van der Waals surface area (Å²) in [7, 11) is 0. The van der Waals surface area contributed by atoms with Crippen molar-refractivity contribution in [1.29, 1.82) is 0 Å². The van der Waals surface area contributed by atoms with Gasteiger partial charge in [0.2, 0.25) is 0 Å². The highest BCUT2D eigenvalue weighted by Gasteiger charge is 2.21. The number of benzene rings is 2. The number of aromatic amines is 1. The van der Waals surface area contributed by atoms with Crippen LogP contribution < -0.4 is 11.1 Å². The van der Waals surface area contributed by atoms with E-state index in [1.807, 2.05) is 6.07 Å². The van der Waals surface area contributed by atoms with Gasteiger partial charge in [0, 0.05) is 11.7 Å². The molecular weight excluding hydrogens is 295 g/mol. The number of para-hydroxylation sites is 1. The van der Waals surface area contributed by atoms with E-state index >= 15 is 0 Å². The zero-order chi connectivity index (χ0) is 16.0. The third kappa shape index (κ3) is 2.52. The Morgan fingerprint density at radius 1 is 1.30 bits per heavy atom. The lowest BCUT2D eigenvalue weighted by Crippen LogP contribution is -2.11. The molecule has 0 unspecified atom stereocenters. The average molecular weight is 310 g/mol. The summed E-state index contributed by atoms with van der Waals surface area (Å²) in [6.45, 7) is 0. The minimum atomic E-state index is -0.557. The van der Waals surface area contributed by atoms with E-state index in [0.29, 0.717) is 34.0 Å². The molecule has 116 valence electrons. The van der Waals surface area contributed by atoms with Crippen LogP contribution in [0.4, 0.5) is 10.1 Å². The fourth-order valence-electron chi connectivity index (χ4n) is 2.62. The van der Waals surface area contributed by atoms with Gasteiger partial charge in [0.15, 0.2) is 0 Å². The number of halogens is 1. The number of amides is 1. The minimum absolute atomic E-state index is 0.317. The van der Waals surface area contributed by atoms with Crippen molar-refractivity contribution in [2.24, 2.45) is 5.73 Å². The summed E-state index contributed by atoms with van der Waals surface area (Å²) in [5, 5.41) is 3.25. The van der Waals surface area contributed by atoms with Gasteiger partial charge in [-0.2, -0.15) is 0 Å². The Hall–Kier alpha value is -2.89. The van der Waals surface area contributed by atoms with E-state index in [9.17, 15) is 9.18 Å². The van der Waals surface area contributed by atoms with E-state index in [1.54, 1.807) is 24.3 Å². The lowest BCUT2D eigenvalue weighted by molar-refractivity contribution is 0.100. The molecule has 0 radical (unpaired) electrons. The Morgan fingerprint density at radius 3 is 2.83 bits per heavy atom. The third-order valence-electron chi connectivity index (χ3n) is 3.95. The second kappa shape index (κ2) is 5.08. The Balaban J connectivity index is 1.76. The molecule has 1 amide bonds. The number of fused-ring (bicyclic) bond motifs is 1. The quantitative estimate of drug-likeness (QED) is 0.692. The molecule has 0 atom stereocenters. The Morgan fingerprint density at radius 2 is 2.13 bits per heavy atom. The number of carbonyl (C=O) groups excluding carboxylic acids is 1. The SMILES string of the molecule is NC(=O)c1cccc2[nH]c(-c3ccc(NC4CC4)cc3F)nc12. The molecule has 3 aromatic rings. The predicted octanol–water partition coefficient (Wildman–Crippen LogP) is 3.04. The van der Waals surface area contributed by atoms with Crippen molar-refractivity contribution in [1.82, 2.24) is 9.97 Å². The molecule has 1 aliphatic carbocycles. The Labute approximate surface area is 131 Å². The largest absolute Gasteiger partial charge is 0.382 e. The van der Waals surface area contributed by atoms with Gasteiger partial charge >= 0.3 is 0 Å². The number of primary amides is 1. The lowest BCUT2D eigenvalue weighted by Gasteiger charge is -2.06. The van der Waals surface area contributed by atoms with Gasteiger partial charge in [-0.1, -0.05) is 6.07 Å². The van der Waals surface area contributed by atoms with Gasteiger partial charge in [-0.15, -0.1) is 0 Å². The molecule has 0 spiro atoms. The van der Waals surface area contributed by atoms with Crippen molar-refractivity contribution in [3.8, 4) is 11.4 Å². The number of nitrogens with one attached hydrogen (secondary N) is 2. The maximum Gasteiger partial charge on any atom is 0.250 e. The van der Waals surface area contributed by atoms with Crippen LogP contribution in [0, 0.1) is 5.82 Å². The number of nitrogens with two attached hydrogens (primary N) is 1. The normalized spacial score (nSPS) is 14.1. The number of rotatable bonds is 4. The van der Waals surface area contributed by atoms with Crippen molar-refractivity contribution < 1.29 is 9.18 Å². The third-order valence-corrected chi connectivity index (χ3v) is 3.95. The van der Waals surface area contributed by atoms with Gasteiger partial charge in [0.1, 0.15) is 17.2 Å². The van der Waals surface area contributed by atoms with Crippen LogP contribution in [0.25, 0.3) is 22.4 Å². The van der Waals surface area contributed by atoms with Crippen molar-refractivity contribution in [3.63, 3.8) is 0 Å². The molecule has 23 heavy (non-hydrogen) atoms. The monoisotopic (exact) mass is 310 g/mol. The summed E-state index contributed by atoms with van der Waals surface area (Å²) in [5.74, 6) is -0.544. The van der Waals surface area contributed by atoms with Gasteiger partial charge in [0.05, 0.1) is 16.6 Å². The van der Waals surface area contributed by atoms with Gasteiger partial charge < -0.3 is 16.0 Å².